The second-order valence-electron chi connectivity index (χ2n) is 9.68. The fraction of sp³-hybridized carbons (Fsp3) is 0.222. The quantitative estimate of drug-likeness (QED) is 0.0288. The van der Waals surface area contributed by atoms with Crippen LogP contribution in [0.2, 0.25) is 0 Å². The minimum atomic E-state index is -5.37. The van der Waals surface area contributed by atoms with Crippen LogP contribution in [-0.4, -0.2) is 56.1 Å². The number of anilines is 1. The van der Waals surface area contributed by atoms with E-state index < -0.39 is 69.9 Å². The normalized spacial score (nSPS) is 11.8. The van der Waals surface area contributed by atoms with Gasteiger partial charge in [0.25, 0.3) is 0 Å². The van der Waals surface area contributed by atoms with Crippen LogP contribution in [0.1, 0.15) is 46.4 Å². The average Bonchev–Trinajstić information content (AvgIpc) is 2.95. The van der Waals surface area contributed by atoms with Gasteiger partial charge in [0.15, 0.2) is 16.2 Å². The number of ether oxygens (including phenoxy) is 1. The number of carboxylic acid groups (broad SMARTS) is 1. The lowest BCUT2D eigenvalue weighted by atomic mass is 9.89. The van der Waals surface area contributed by atoms with E-state index in [9.17, 15) is 40.6 Å². The van der Waals surface area contributed by atoms with Crippen LogP contribution in [-0.2, 0) is 25.0 Å². The molecule has 0 radical (unpaired) electrons. The Bertz CT molecular complexity index is 2140. The largest absolute Gasteiger partial charge is 0.744 e. The van der Waals surface area contributed by atoms with Crippen molar-refractivity contribution in [3.05, 3.63) is 69.4 Å². The van der Waals surface area contributed by atoms with Gasteiger partial charge in [-0.3, -0.25) is 5.41 Å². The van der Waals surface area contributed by atoms with Crippen LogP contribution in [0.3, 0.4) is 0 Å². The lowest BCUT2D eigenvalue weighted by Gasteiger charge is -2.21. The van der Waals surface area contributed by atoms with Crippen LogP contribution >= 0.6 is 0 Å². The number of nitrogens with two attached hydrogens (primary N) is 2. The van der Waals surface area contributed by atoms with E-state index in [4.69, 9.17) is 25.8 Å². The number of carbonyl (C=O) groups excluding carboxylic acids is 1. The minimum absolute atomic E-state index is 0.0295. The third-order valence-corrected chi connectivity index (χ3v) is 8.57. The molecule has 0 amide bonds. The van der Waals surface area contributed by atoms with Gasteiger partial charge in [-0.1, -0.05) is 24.0 Å². The van der Waals surface area contributed by atoms with Crippen molar-refractivity contribution in [2.24, 2.45) is 5.11 Å². The summed E-state index contributed by atoms with van der Waals surface area (Å²) < 4.78 is 84.1. The molecule has 2 aliphatic rings. The smallest absolute Gasteiger partial charge is 0.338 e. The van der Waals surface area contributed by atoms with Gasteiger partial charge in [0, 0.05) is 34.0 Å². The first-order valence-corrected chi connectivity index (χ1v) is 15.9. The molecular formula is C27H24N5O11S2-. The van der Waals surface area contributed by atoms with E-state index in [2.05, 4.69) is 10.0 Å². The summed E-state index contributed by atoms with van der Waals surface area (Å²) >= 11 is 0. The van der Waals surface area contributed by atoms with Gasteiger partial charge in [0.1, 0.15) is 25.1 Å². The molecule has 2 aromatic carbocycles. The number of nitrogen functional groups attached to an aromatic ring is 1. The predicted molar refractivity (Wildman–Crippen MR) is 153 cm³/mol. The molecule has 5 N–H and O–H groups in total. The Kier molecular flexibility index (Phi) is 9.45. The maximum atomic E-state index is 12.7. The molecule has 45 heavy (non-hydrogen) atoms. The van der Waals surface area contributed by atoms with Crippen molar-refractivity contribution in [3.8, 4) is 22.5 Å². The monoisotopic (exact) mass is 658 g/mol. The fourth-order valence-electron chi connectivity index (χ4n) is 4.80. The lowest BCUT2D eigenvalue weighted by molar-refractivity contribution is -0.176. The van der Waals surface area contributed by atoms with Gasteiger partial charge in [0.05, 0.1) is 23.4 Å². The number of fused-ring (bicyclic) bond motifs is 2. The average molecular weight is 659 g/mol. The highest BCUT2D eigenvalue weighted by atomic mass is 32.2. The molecule has 1 aliphatic carbocycles. The topological polar surface area (TPSA) is 292 Å². The number of aromatic carboxylic acids is 1. The summed E-state index contributed by atoms with van der Waals surface area (Å²) in [5.74, 6) is -3.13. The zero-order valence-corrected chi connectivity index (χ0v) is 24.8. The first kappa shape index (κ1) is 32.9. The Balaban J connectivity index is 1.89. The minimum Gasteiger partial charge on any atom is -0.744 e. The maximum Gasteiger partial charge on any atom is 0.338 e. The summed E-state index contributed by atoms with van der Waals surface area (Å²) in [6.07, 6.45) is 2.59. The van der Waals surface area contributed by atoms with Crippen molar-refractivity contribution in [2.45, 2.75) is 35.5 Å². The lowest BCUT2D eigenvalue weighted by Crippen LogP contribution is -2.47. The third kappa shape index (κ3) is 6.89. The van der Waals surface area contributed by atoms with E-state index in [1.165, 1.54) is 24.3 Å². The number of benzene rings is 3. The summed E-state index contributed by atoms with van der Waals surface area (Å²) in [6, 6.07) is 8.00. The summed E-state index contributed by atoms with van der Waals surface area (Å²) in [5, 5.41) is 18.6. The van der Waals surface area contributed by atoms with E-state index in [0.29, 0.717) is 25.8 Å². The molecule has 0 unspecified atom stereocenters. The van der Waals surface area contributed by atoms with Crippen LogP contribution in [0.25, 0.3) is 43.9 Å². The predicted octanol–water partition coefficient (Wildman–Crippen LogP) is 1.98. The standard InChI is InChI=1S/C27H25N5O11S2/c28-19-9-7-16-21(17-8-10-20(29)25(45(39,40)41)23(17)43-22(16)24(19)44(36,37)38)15-6-5-14(13-18(15)26(33)34)27(35)42-12-4-2-1-3-11-31-32-30/h5-10,13,28H,1-4,11-12,29H2,(H,33,34)(H,36,37,38)(H,39,40,41)/p-1. The SMILES string of the molecule is [N-]=[N+]=NCCCCCCOC(=O)c1ccc(-c2c3ccc(=[NH2+])c(S(=O)(=O)[O-])c-3oc3c(S(=O)(=O)[O-])c(N)ccc23)c(C(=O)O)c1. The molecule has 236 valence electrons. The number of nitrogens with zero attached hydrogens (tertiary/aromatic N) is 3. The fourth-order valence-corrected chi connectivity index (χ4v) is 6.27. The zero-order valence-electron chi connectivity index (χ0n) is 23.1. The number of hydrogen-bond donors (Lipinski definition) is 3. The number of esters is 1. The zero-order chi connectivity index (χ0) is 33.1. The Labute approximate surface area is 255 Å². The van der Waals surface area contributed by atoms with E-state index in [0.717, 1.165) is 24.6 Å². The Hall–Kier alpha value is -5.00. The van der Waals surface area contributed by atoms with Gasteiger partial charge in [-0.05, 0) is 54.3 Å². The summed E-state index contributed by atoms with van der Waals surface area (Å²) in [7, 11) is -10.7. The summed E-state index contributed by atoms with van der Waals surface area (Å²) in [4.78, 5) is 25.7. The number of azide groups is 1. The van der Waals surface area contributed by atoms with Gasteiger partial charge in [0.2, 0.25) is 5.36 Å². The second kappa shape index (κ2) is 12.9. The first-order valence-electron chi connectivity index (χ1n) is 13.0. The third-order valence-electron chi connectivity index (χ3n) is 6.73. The number of unbranched alkanes of at least 4 members (excludes halogenated alkanes) is 3. The highest BCUT2D eigenvalue weighted by molar-refractivity contribution is 7.86. The molecule has 16 nitrogen and oxygen atoms in total. The van der Waals surface area contributed by atoms with Crippen molar-refractivity contribution >= 4 is 48.8 Å². The van der Waals surface area contributed by atoms with Crippen molar-refractivity contribution in [1.29, 1.82) is 0 Å². The number of carbonyl (C=O) groups is 2. The van der Waals surface area contributed by atoms with Crippen LogP contribution in [0.4, 0.5) is 5.69 Å². The maximum absolute atomic E-state index is 12.7. The molecule has 0 fully saturated rings. The molecule has 1 aliphatic heterocycles. The van der Waals surface area contributed by atoms with Gasteiger partial charge in [-0.2, -0.15) is 0 Å². The molecule has 0 atom stereocenters. The molecule has 0 saturated heterocycles. The highest BCUT2D eigenvalue weighted by Gasteiger charge is 2.30. The van der Waals surface area contributed by atoms with Crippen LogP contribution < -0.4 is 16.5 Å². The molecule has 0 bridgehead atoms. The number of hydrogen-bond acceptors (Lipinski definition) is 12. The summed E-state index contributed by atoms with van der Waals surface area (Å²) in [5.41, 5.74) is 11.6. The molecule has 0 aromatic heterocycles. The van der Waals surface area contributed by atoms with Crippen molar-refractivity contribution in [2.75, 3.05) is 18.9 Å². The first-order chi connectivity index (χ1) is 21.2. The molecule has 4 rings (SSSR count). The van der Waals surface area contributed by atoms with Crippen LogP contribution in [0.5, 0.6) is 0 Å². The van der Waals surface area contributed by atoms with Crippen molar-refractivity contribution in [3.63, 3.8) is 0 Å². The van der Waals surface area contributed by atoms with Gasteiger partial charge in [-0.25, -0.2) is 26.4 Å². The molecule has 1 heterocycles. The molecular weight excluding hydrogens is 634 g/mol. The summed E-state index contributed by atoms with van der Waals surface area (Å²) in [6.45, 7) is 0.380. The van der Waals surface area contributed by atoms with E-state index >= 15 is 0 Å². The van der Waals surface area contributed by atoms with Gasteiger partial charge in [-0.15, -0.1) is 0 Å². The van der Waals surface area contributed by atoms with Gasteiger partial charge >= 0.3 is 11.9 Å². The van der Waals surface area contributed by atoms with E-state index in [-0.39, 0.29) is 34.2 Å². The van der Waals surface area contributed by atoms with Gasteiger partial charge < -0.3 is 29.1 Å². The molecule has 2 aromatic rings. The second-order valence-corrected chi connectivity index (χ2v) is 12.3. The van der Waals surface area contributed by atoms with Crippen LogP contribution in [0, 0.1) is 0 Å². The Morgan fingerprint density at radius 2 is 1.64 bits per heavy atom. The molecule has 0 saturated carbocycles. The molecule has 18 heteroatoms. The van der Waals surface area contributed by atoms with E-state index in [1.807, 2.05) is 0 Å². The number of rotatable bonds is 12. The number of carboxylic acids is 1. The highest BCUT2D eigenvalue weighted by Crippen LogP contribution is 2.45. The van der Waals surface area contributed by atoms with Crippen LogP contribution in [0.15, 0.2) is 61.8 Å². The van der Waals surface area contributed by atoms with Crippen molar-refractivity contribution in [1.82, 2.24) is 0 Å². The Morgan fingerprint density at radius 1 is 0.978 bits per heavy atom. The van der Waals surface area contributed by atoms with Crippen molar-refractivity contribution < 1.29 is 55.2 Å². The Morgan fingerprint density at radius 3 is 2.29 bits per heavy atom. The molecule has 0 spiro atoms. The van der Waals surface area contributed by atoms with E-state index in [1.54, 1.807) is 0 Å².